The van der Waals surface area contributed by atoms with E-state index < -0.39 is 0 Å². The zero-order valence-electron chi connectivity index (χ0n) is 11.6. The van der Waals surface area contributed by atoms with Crippen molar-refractivity contribution in [3.05, 3.63) is 0 Å². The van der Waals surface area contributed by atoms with E-state index in [2.05, 4.69) is 29.2 Å². The number of nitrogens with zero attached hydrogens (tertiary/aromatic N) is 2. The molecule has 2 saturated heterocycles. The van der Waals surface area contributed by atoms with Crippen molar-refractivity contribution in [2.24, 2.45) is 5.92 Å². The minimum Gasteiger partial charge on any atom is -0.316 e. The van der Waals surface area contributed by atoms with Gasteiger partial charge in [0, 0.05) is 12.6 Å². The van der Waals surface area contributed by atoms with Crippen LogP contribution in [0.4, 0.5) is 0 Å². The predicted molar refractivity (Wildman–Crippen MR) is 73.4 cm³/mol. The van der Waals surface area contributed by atoms with Crippen molar-refractivity contribution in [3.63, 3.8) is 0 Å². The zero-order chi connectivity index (χ0) is 12.1. The Kier molecular flexibility index (Phi) is 5.26. The second-order valence-electron chi connectivity index (χ2n) is 6.06. The lowest BCUT2D eigenvalue weighted by molar-refractivity contribution is 0.130. The van der Waals surface area contributed by atoms with Crippen LogP contribution in [-0.2, 0) is 0 Å². The molecule has 100 valence electrons. The fraction of sp³-hybridized carbons (Fsp3) is 1.00. The Labute approximate surface area is 107 Å². The zero-order valence-corrected chi connectivity index (χ0v) is 11.6. The lowest BCUT2D eigenvalue weighted by Crippen LogP contribution is -2.45. The fourth-order valence-corrected chi connectivity index (χ4v) is 3.22. The lowest BCUT2D eigenvalue weighted by Gasteiger charge is -2.36. The van der Waals surface area contributed by atoms with Crippen molar-refractivity contribution in [1.82, 2.24) is 15.1 Å². The van der Waals surface area contributed by atoms with E-state index in [0.717, 1.165) is 12.0 Å². The van der Waals surface area contributed by atoms with Crippen molar-refractivity contribution in [1.29, 1.82) is 0 Å². The Balaban J connectivity index is 1.61. The first-order valence-corrected chi connectivity index (χ1v) is 7.35. The van der Waals surface area contributed by atoms with Gasteiger partial charge in [-0.3, -0.25) is 0 Å². The van der Waals surface area contributed by atoms with Gasteiger partial charge in [0.25, 0.3) is 0 Å². The molecule has 0 spiro atoms. The molecular formula is C14H29N3. The van der Waals surface area contributed by atoms with Crippen LogP contribution in [0.3, 0.4) is 0 Å². The van der Waals surface area contributed by atoms with E-state index in [1.165, 1.54) is 64.8 Å². The van der Waals surface area contributed by atoms with Gasteiger partial charge >= 0.3 is 0 Å². The molecule has 2 unspecified atom stereocenters. The van der Waals surface area contributed by atoms with Crippen molar-refractivity contribution in [2.45, 2.75) is 38.1 Å². The topological polar surface area (TPSA) is 18.5 Å². The van der Waals surface area contributed by atoms with Crippen LogP contribution in [0, 0.1) is 5.92 Å². The van der Waals surface area contributed by atoms with Gasteiger partial charge in [0.05, 0.1) is 0 Å². The van der Waals surface area contributed by atoms with Crippen molar-refractivity contribution in [3.8, 4) is 0 Å². The molecule has 2 atom stereocenters. The van der Waals surface area contributed by atoms with Gasteiger partial charge in [0.1, 0.15) is 0 Å². The van der Waals surface area contributed by atoms with Crippen LogP contribution < -0.4 is 5.32 Å². The third kappa shape index (κ3) is 4.23. The maximum Gasteiger partial charge on any atom is 0.0217 e. The summed E-state index contributed by atoms with van der Waals surface area (Å²) in [6.45, 7) is 6.45. The molecule has 2 aliphatic rings. The van der Waals surface area contributed by atoms with Crippen LogP contribution in [0.1, 0.15) is 32.1 Å². The summed E-state index contributed by atoms with van der Waals surface area (Å²) in [4.78, 5) is 5.07. The summed E-state index contributed by atoms with van der Waals surface area (Å²) < 4.78 is 0. The van der Waals surface area contributed by atoms with Gasteiger partial charge in [-0.2, -0.15) is 0 Å². The average Bonchev–Trinajstić information content (AvgIpc) is 2.82. The van der Waals surface area contributed by atoms with Crippen molar-refractivity contribution < 1.29 is 0 Å². The predicted octanol–water partition coefficient (Wildman–Crippen LogP) is 1.40. The summed E-state index contributed by atoms with van der Waals surface area (Å²) in [5, 5.41) is 3.46. The molecule has 0 radical (unpaired) electrons. The number of likely N-dealkylation sites (tertiary alicyclic amines) is 1. The maximum atomic E-state index is 3.46. The molecule has 17 heavy (non-hydrogen) atoms. The van der Waals surface area contributed by atoms with E-state index in [4.69, 9.17) is 0 Å². The molecule has 0 aromatic heterocycles. The minimum absolute atomic E-state index is 0.789. The third-order valence-corrected chi connectivity index (χ3v) is 4.46. The summed E-state index contributed by atoms with van der Waals surface area (Å²) in [6, 6.07) is 0.789. The standard InChI is InChI=1S/C14H29N3/c1-16(2)14-6-4-10-17(12-14)9-3-5-13-7-8-15-11-13/h13-15H,3-12H2,1-2H3. The Morgan fingerprint density at radius 3 is 2.88 bits per heavy atom. The largest absolute Gasteiger partial charge is 0.316 e. The van der Waals surface area contributed by atoms with Crippen LogP contribution in [-0.4, -0.2) is 62.7 Å². The van der Waals surface area contributed by atoms with Gasteiger partial charge in [-0.1, -0.05) is 0 Å². The Hall–Kier alpha value is -0.120. The molecule has 3 heteroatoms. The molecule has 2 aliphatic heterocycles. The molecule has 0 aliphatic carbocycles. The van der Waals surface area contributed by atoms with E-state index >= 15 is 0 Å². The minimum atomic E-state index is 0.789. The van der Waals surface area contributed by atoms with Crippen LogP contribution in [0.25, 0.3) is 0 Å². The van der Waals surface area contributed by atoms with Gasteiger partial charge in [0.2, 0.25) is 0 Å². The highest BCUT2D eigenvalue weighted by Gasteiger charge is 2.21. The van der Waals surface area contributed by atoms with E-state index in [1.807, 2.05) is 0 Å². The lowest BCUT2D eigenvalue weighted by atomic mass is 10.0. The van der Waals surface area contributed by atoms with Crippen LogP contribution >= 0.6 is 0 Å². The van der Waals surface area contributed by atoms with Gasteiger partial charge in [-0.15, -0.1) is 0 Å². The van der Waals surface area contributed by atoms with Gasteiger partial charge in [-0.25, -0.2) is 0 Å². The summed E-state index contributed by atoms with van der Waals surface area (Å²) in [7, 11) is 4.44. The first kappa shape index (κ1) is 13.3. The van der Waals surface area contributed by atoms with Gasteiger partial charge < -0.3 is 15.1 Å². The number of hydrogen-bond acceptors (Lipinski definition) is 3. The van der Waals surface area contributed by atoms with E-state index in [-0.39, 0.29) is 0 Å². The molecule has 0 bridgehead atoms. The molecule has 2 heterocycles. The molecule has 3 nitrogen and oxygen atoms in total. The van der Waals surface area contributed by atoms with Crippen LogP contribution in [0.2, 0.25) is 0 Å². The quantitative estimate of drug-likeness (QED) is 0.782. The normalized spacial score (nSPS) is 31.2. The molecule has 0 amide bonds. The molecule has 0 saturated carbocycles. The number of rotatable bonds is 5. The first-order valence-electron chi connectivity index (χ1n) is 7.35. The fourth-order valence-electron chi connectivity index (χ4n) is 3.22. The molecule has 1 N–H and O–H groups in total. The Bertz CT molecular complexity index is 212. The average molecular weight is 239 g/mol. The summed E-state index contributed by atoms with van der Waals surface area (Å²) in [5.74, 6) is 0.962. The second-order valence-corrected chi connectivity index (χ2v) is 6.06. The smallest absolute Gasteiger partial charge is 0.0217 e. The Morgan fingerprint density at radius 1 is 1.29 bits per heavy atom. The Morgan fingerprint density at radius 2 is 2.18 bits per heavy atom. The number of hydrogen-bond donors (Lipinski definition) is 1. The molecule has 0 aromatic carbocycles. The third-order valence-electron chi connectivity index (χ3n) is 4.46. The van der Waals surface area contributed by atoms with Gasteiger partial charge in [0.15, 0.2) is 0 Å². The number of piperidine rings is 1. The number of likely N-dealkylation sites (N-methyl/N-ethyl adjacent to an activating group) is 1. The molecule has 2 rings (SSSR count). The second kappa shape index (κ2) is 6.72. The summed E-state index contributed by atoms with van der Waals surface area (Å²) >= 11 is 0. The molecule has 0 aromatic rings. The maximum absolute atomic E-state index is 3.46. The monoisotopic (exact) mass is 239 g/mol. The summed E-state index contributed by atoms with van der Waals surface area (Å²) in [5.41, 5.74) is 0. The van der Waals surface area contributed by atoms with Crippen LogP contribution in [0.5, 0.6) is 0 Å². The van der Waals surface area contributed by atoms with E-state index in [0.29, 0.717) is 0 Å². The van der Waals surface area contributed by atoms with Crippen molar-refractivity contribution in [2.75, 3.05) is 46.8 Å². The highest BCUT2D eigenvalue weighted by molar-refractivity contribution is 4.78. The highest BCUT2D eigenvalue weighted by atomic mass is 15.2. The highest BCUT2D eigenvalue weighted by Crippen LogP contribution is 2.17. The SMILES string of the molecule is CN(C)C1CCCN(CCCC2CCNC2)C1. The van der Waals surface area contributed by atoms with E-state index in [1.54, 1.807) is 0 Å². The van der Waals surface area contributed by atoms with E-state index in [9.17, 15) is 0 Å². The molecule has 2 fully saturated rings. The first-order chi connectivity index (χ1) is 8.25. The van der Waals surface area contributed by atoms with Crippen molar-refractivity contribution >= 4 is 0 Å². The number of nitrogens with one attached hydrogen (secondary N) is 1. The van der Waals surface area contributed by atoms with Gasteiger partial charge in [-0.05, 0) is 78.3 Å². The molecular weight excluding hydrogens is 210 g/mol. The van der Waals surface area contributed by atoms with Crippen LogP contribution in [0.15, 0.2) is 0 Å². The summed E-state index contributed by atoms with van der Waals surface area (Å²) in [6.07, 6.45) is 6.99.